The minimum Gasteiger partial charge on any atom is -0.300 e. The number of carbonyl (C=O) groups excluding carboxylic acids is 2. The maximum absolute atomic E-state index is 10.0. The predicted molar refractivity (Wildman–Crippen MR) is 35.9 cm³/mol. The minimum absolute atomic E-state index is 0. The SMILES string of the molecule is B.CC(=O)CC(C)=O. The molecule has 0 amide bonds. The smallest absolute Gasteiger partial charge is 0.137 e. The van der Waals surface area contributed by atoms with E-state index in [-0.39, 0.29) is 26.4 Å². The zero-order chi connectivity index (χ0) is 5.86. The summed E-state index contributed by atoms with van der Waals surface area (Å²) in [5, 5.41) is 0. The van der Waals surface area contributed by atoms with Gasteiger partial charge >= 0.3 is 0 Å². The molecule has 0 bridgehead atoms. The Morgan fingerprint density at radius 3 is 1.38 bits per heavy atom. The highest BCUT2D eigenvalue weighted by Gasteiger charge is 1.94. The van der Waals surface area contributed by atoms with Crippen molar-refractivity contribution < 1.29 is 9.59 Å². The molecule has 0 heterocycles. The van der Waals surface area contributed by atoms with E-state index < -0.39 is 0 Å². The normalized spacial score (nSPS) is 7.25. The molecule has 0 aromatic carbocycles. The van der Waals surface area contributed by atoms with Crippen LogP contribution in [0.4, 0.5) is 0 Å². The lowest BCUT2D eigenvalue weighted by atomic mass is 10.2. The highest BCUT2D eigenvalue weighted by atomic mass is 16.1. The summed E-state index contributed by atoms with van der Waals surface area (Å²) >= 11 is 0. The standard InChI is InChI=1S/C5H8O2.BH3/c1-4(6)3-5(2)7;/h3H2,1-2H3;1H3. The van der Waals surface area contributed by atoms with E-state index in [9.17, 15) is 9.59 Å². The van der Waals surface area contributed by atoms with Gasteiger partial charge in [0.05, 0.1) is 14.8 Å². The molecule has 46 valence electrons. The van der Waals surface area contributed by atoms with Crippen LogP contribution in [0.2, 0.25) is 0 Å². The molecule has 0 aromatic rings. The topological polar surface area (TPSA) is 34.1 Å². The molecule has 3 heteroatoms. The number of ketones is 2. The molecule has 0 saturated carbocycles. The monoisotopic (exact) mass is 114 g/mol. The molecule has 0 unspecified atom stereocenters. The van der Waals surface area contributed by atoms with E-state index in [0.29, 0.717) is 0 Å². The fourth-order valence-corrected chi connectivity index (χ4v) is 0.351. The Morgan fingerprint density at radius 2 is 1.38 bits per heavy atom. The Bertz CT molecular complexity index is 86.6. The third-order valence-corrected chi connectivity index (χ3v) is 0.498. The van der Waals surface area contributed by atoms with Crippen molar-refractivity contribution in [1.82, 2.24) is 0 Å². The van der Waals surface area contributed by atoms with Gasteiger partial charge in [0.15, 0.2) is 0 Å². The molecule has 0 N–H and O–H groups in total. The van der Waals surface area contributed by atoms with Crippen molar-refractivity contribution in [2.45, 2.75) is 20.3 Å². The average Bonchev–Trinajstić information content (AvgIpc) is 1.27. The third kappa shape index (κ3) is 9.05. The number of hydrogen-bond acceptors (Lipinski definition) is 2. The van der Waals surface area contributed by atoms with Crippen molar-refractivity contribution in [2.24, 2.45) is 0 Å². The van der Waals surface area contributed by atoms with Crippen LogP contribution >= 0.6 is 0 Å². The lowest BCUT2D eigenvalue weighted by Crippen LogP contribution is -1.97. The third-order valence-electron chi connectivity index (χ3n) is 0.498. The molecule has 0 fully saturated rings. The average molecular weight is 114 g/mol. The summed E-state index contributed by atoms with van der Waals surface area (Å²) in [6.45, 7) is 2.81. The van der Waals surface area contributed by atoms with Crippen LogP contribution in [0.15, 0.2) is 0 Å². The first kappa shape index (κ1) is 10.4. The summed E-state index contributed by atoms with van der Waals surface area (Å²) in [5.74, 6) is -0.125. The van der Waals surface area contributed by atoms with Crippen LogP contribution < -0.4 is 0 Å². The van der Waals surface area contributed by atoms with E-state index in [4.69, 9.17) is 0 Å². The second kappa shape index (κ2) is 4.56. The lowest BCUT2D eigenvalue weighted by Gasteiger charge is -1.81. The molecule has 2 nitrogen and oxygen atoms in total. The molecular formula is C5H11BO2. The quantitative estimate of drug-likeness (QED) is 0.353. The van der Waals surface area contributed by atoms with Gasteiger partial charge in [0.2, 0.25) is 0 Å². The van der Waals surface area contributed by atoms with Crippen LogP contribution in [0.1, 0.15) is 20.3 Å². The highest BCUT2D eigenvalue weighted by Crippen LogP contribution is 1.80. The minimum atomic E-state index is -0.0625. The van der Waals surface area contributed by atoms with E-state index in [0.717, 1.165) is 0 Å². The van der Waals surface area contributed by atoms with Gasteiger partial charge in [-0.1, -0.05) is 0 Å². The van der Waals surface area contributed by atoms with Crippen molar-refractivity contribution in [3.05, 3.63) is 0 Å². The second-order valence-electron chi connectivity index (χ2n) is 1.58. The summed E-state index contributed by atoms with van der Waals surface area (Å²) in [7, 11) is 0. The van der Waals surface area contributed by atoms with Crippen molar-refractivity contribution in [2.75, 3.05) is 0 Å². The second-order valence-corrected chi connectivity index (χ2v) is 1.58. The Balaban J connectivity index is 0. The van der Waals surface area contributed by atoms with Crippen molar-refractivity contribution in [3.8, 4) is 0 Å². The molecule has 0 saturated heterocycles. The molecular weight excluding hydrogens is 103 g/mol. The van der Waals surface area contributed by atoms with Gasteiger partial charge in [-0.3, -0.25) is 9.59 Å². The molecule has 0 aliphatic carbocycles. The van der Waals surface area contributed by atoms with Crippen molar-refractivity contribution in [3.63, 3.8) is 0 Å². The first-order valence-corrected chi connectivity index (χ1v) is 2.12. The Labute approximate surface area is 50.8 Å². The van der Waals surface area contributed by atoms with E-state index >= 15 is 0 Å². The van der Waals surface area contributed by atoms with Gasteiger partial charge in [-0.05, 0) is 13.8 Å². The summed E-state index contributed by atoms with van der Waals surface area (Å²) in [4.78, 5) is 20.1. The maximum Gasteiger partial charge on any atom is 0.137 e. The molecule has 0 aromatic heterocycles. The predicted octanol–water partition coefficient (Wildman–Crippen LogP) is -0.629. The molecule has 0 atom stereocenters. The van der Waals surface area contributed by atoms with E-state index in [1.165, 1.54) is 13.8 Å². The van der Waals surface area contributed by atoms with Crippen LogP contribution in [-0.4, -0.2) is 20.0 Å². The van der Waals surface area contributed by atoms with Gasteiger partial charge in [0, 0.05) is 0 Å². The molecule has 0 spiro atoms. The van der Waals surface area contributed by atoms with E-state index in [2.05, 4.69) is 0 Å². The maximum atomic E-state index is 10.0. The van der Waals surface area contributed by atoms with Crippen molar-refractivity contribution in [1.29, 1.82) is 0 Å². The first-order chi connectivity index (χ1) is 3.13. The Kier molecular flexibility index (Phi) is 5.93. The van der Waals surface area contributed by atoms with Gasteiger partial charge in [-0.25, -0.2) is 0 Å². The summed E-state index contributed by atoms with van der Waals surface area (Å²) in [5.41, 5.74) is 0. The number of rotatable bonds is 2. The van der Waals surface area contributed by atoms with E-state index in [1.54, 1.807) is 0 Å². The molecule has 0 radical (unpaired) electrons. The zero-order valence-corrected chi connectivity index (χ0v) is 4.52. The summed E-state index contributed by atoms with van der Waals surface area (Å²) in [6.07, 6.45) is 0.0833. The van der Waals surface area contributed by atoms with Gasteiger partial charge in [-0.2, -0.15) is 0 Å². The van der Waals surface area contributed by atoms with Crippen molar-refractivity contribution >= 4 is 20.0 Å². The van der Waals surface area contributed by atoms with Crippen LogP contribution in [0.5, 0.6) is 0 Å². The summed E-state index contributed by atoms with van der Waals surface area (Å²) in [6, 6.07) is 0. The first-order valence-electron chi connectivity index (χ1n) is 2.12. The molecule has 0 rings (SSSR count). The molecule has 0 aliphatic rings. The van der Waals surface area contributed by atoms with Gasteiger partial charge in [-0.15, -0.1) is 0 Å². The van der Waals surface area contributed by atoms with Crippen LogP contribution in [-0.2, 0) is 9.59 Å². The largest absolute Gasteiger partial charge is 0.300 e. The van der Waals surface area contributed by atoms with Gasteiger partial charge in [0.25, 0.3) is 0 Å². The van der Waals surface area contributed by atoms with Gasteiger partial charge in [0.1, 0.15) is 11.6 Å². The Morgan fingerprint density at radius 1 is 1.12 bits per heavy atom. The molecule has 0 aliphatic heterocycles. The van der Waals surface area contributed by atoms with Crippen LogP contribution in [0.3, 0.4) is 0 Å². The number of hydrogen-bond donors (Lipinski definition) is 0. The van der Waals surface area contributed by atoms with Crippen LogP contribution in [0, 0.1) is 0 Å². The van der Waals surface area contributed by atoms with E-state index in [1.807, 2.05) is 0 Å². The molecule has 8 heavy (non-hydrogen) atoms. The Hall–Kier alpha value is -0.595. The highest BCUT2D eigenvalue weighted by molar-refractivity contribution is 5.96. The number of Topliss-reactive ketones (excluding diaryl/α,β-unsaturated/α-hetero) is 2. The fraction of sp³-hybridized carbons (Fsp3) is 0.600. The van der Waals surface area contributed by atoms with Crippen LogP contribution in [0.25, 0.3) is 0 Å². The zero-order valence-electron chi connectivity index (χ0n) is 4.52. The summed E-state index contributed by atoms with van der Waals surface area (Å²) < 4.78 is 0. The van der Waals surface area contributed by atoms with Gasteiger partial charge < -0.3 is 0 Å². The lowest BCUT2D eigenvalue weighted by molar-refractivity contribution is -0.124. The number of carbonyl (C=O) groups is 2. The fourth-order valence-electron chi connectivity index (χ4n) is 0.351.